The summed E-state index contributed by atoms with van der Waals surface area (Å²) in [7, 11) is 0. The van der Waals surface area contributed by atoms with E-state index in [4.69, 9.17) is 0 Å². The average molecular weight is 302 g/mol. The predicted molar refractivity (Wildman–Crippen MR) is 92.7 cm³/mol. The molecule has 22 heavy (non-hydrogen) atoms. The Morgan fingerprint density at radius 1 is 1.18 bits per heavy atom. The minimum Gasteiger partial charge on any atom is -0.299 e. The van der Waals surface area contributed by atoms with Crippen LogP contribution in [-0.2, 0) is 9.59 Å². The van der Waals surface area contributed by atoms with Crippen molar-refractivity contribution in [1.29, 1.82) is 0 Å². The molecular weight excluding hydrogens is 272 g/mol. The number of unbranched alkanes of at least 4 members (excludes halogenated alkanes) is 1. The van der Waals surface area contributed by atoms with Gasteiger partial charge in [0, 0.05) is 29.7 Å². The van der Waals surface area contributed by atoms with Crippen LogP contribution in [0, 0.1) is 11.3 Å². The summed E-state index contributed by atoms with van der Waals surface area (Å²) in [5.74, 6) is 0.439. The highest BCUT2D eigenvalue weighted by Crippen LogP contribution is 2.46. The molecule has 0 radical (unpaired) electrons. The molecule has 0 fully saturated rings. The molecule has 0 aromatic carbocycles. The van der Waals surface area contributed by atoms with E-state index < -0.39 is 0 Å². The Kier molecular flexibility index (Phi) is 6.99. The third-order valence-corrected chi connectivity index (χ3v) is 4.82. The Morgan fingerprint density at radius 2 is 1.82 bits per heavy atom. The van der Waals surface area contributed by atoms with Gasteiger partial charge in [-0.15, -0.1) is 13.2 Å². The molecule has 1 aliphatic rings. The molecule has 0 saturated carbocycles. The molecule has 0 spiro atoms. The Hall–Kier alpha value is -1.44. The molecule has 0 saturated heterocycles. The molecule has 0 aliphatic heterocycles. The summed E-state index contributed by atoms with van der Waals surface area (Å²) in [5.41, 5.74) is 1.72. The molecule has 2 nitrogen and oxygen atoms in total. The lowest BCUT2D eigenvalue weighted by molar-refractivity contribution is -0.127. The smallest absolute Gasteiger partial charge is 0.159 e. The van der Waals surface area contributed by atoms with Crippen molar-refractivity contribution in [3.8, 4) is 0 Å². The van der Waals surface area contributed by atoms with Crippen LogP contribution in [0.3, 0.4) is 0 Å². The summed E-state index contributed by atoms with van der Waals surface area (Å²) in [6.45, 7) is 13.6. The van der Waals surface area contributed by atoms with Crippen molar-refractivity contribution in [2.24, 2.45) is 11.3 Å². The predicted octanol–water partition coefficient (Wildman–Crippen LogP) is 5.20. The van der Waals surface area contributed by atoms with Crippen molar-refractivity contribution in [2.75, 3.05) is 0 Å². The highest BCUT2D eigenvalue weighted by Gasteiger charge is 2.43. The van der Waals surface area contributed by atoms with Crippen molar-refractivity contribution < 1.29 is 9.59 Å². The van der Waals surface area contributed by atoms with Gasteiger partial charge in [0.05, 0.1) is 0 Å². The first-order valence-electron chi connectivity index (χ1n) is 8.34. The molecule has 0 aromatic heterocycles. The zero-order valence-corrected chi connectivity index (χ0v) is 14.4. The first-order valence-corrected chi connectivity index (χ1v) is 8.34. The molecule has 0 heterocycles. The third kappa shape index (κ3) is 4.28. The van der Waals surface area contributed by atoms with Gasteiger partial charge in [-0.05, 0) is 39.0 Å². The number of ketones is 2. The van der Waals surface area contributed by atoms with Crippen molar-refractivity contribution in [3.05, 3.63) is 36.5 Å². The van der Waals surface area contributed by atoms with E-state index in [1.807, 2.05) is 13.0 Å². The van der Waals surface area contributed by atoms with E-state index in [-0.39, 0.29) is 22.9 Å². The lowest BCUT2D eigenvalue weighted by Crippen LogP contribution is -2.38. The molecule has 0 aromatic rings. The van der Waals surface area contributed by atoms with Crippen LogP contribution in [-0.4, -0.2) is 11.6 Å². The van der Waals surface area contributed by atoms with E-state index in [0.29, 0.717) is 12.8 Å². The Morgan fingerprint density at radius 3 is 2.41 bits per heavy atom. The highest BCUT2D eigenvalue weighted by atomic mass is 16.1. The quantitative estimate of drug-likeness (QED) is 0.433. The van der Waals surface area contributed by atoms with Crippen molar-refractivity contribution in [2.45, 2.75) is 65.7 Å². The van der Waals surface area contributed by atoms with Gasteiger partial charge in [-0.3, -0.25) is 9.59 Å². The van der Waals surface area contributed by atoms with Gasteiger partial charge in [0.1, 0.15) is 5.78 Å². The molecule has 1 rings (SSSR count). The van der Waals surface area contributed by atoms with Gasteiger partial charge in [0.15, 0.2) is 5.78 Å². The van der Waals surface area contributed by atoms with E-state index in [1.54, 1.807) is 6.08 Å². The van der Waals surface area contributed by atoms with Gasteiger partial charge in [0.2, 0.25) is 0 Å². The van der Waals surface area contributed by atoms with Crippen LogP contribution < -0.4 is 0 Å². The lowest BCUT2D eigenvalue weighted by Gasteiger charge is -2.40. The minimum atomic E-state index is -0.355. The van der Waals surface area contributed by atoms with E-state index >= 15 is 0 Å². The molecular formula is C20H30O2. The van der Waals surface area contributed by atoms with Crippen LogP contribution in [0.5, 0.6) is 0 Å². The van der Waals surface area contributed by atoms with Gasteiger partial charge in [-0.2, -0.15) is 0 Å². The Balaban J connectivity index is 2.94. The summed E-state index contributed by atoms with van der Waals surface area (Å²) in [5, 5.41) is 0. The molecule has 0 amide bonds. The van der Waals surface area contributed by atoms with E-state index in [9.17, 15) is 9.59 Å². The lowest BCUT2D eigenvalue weighted by atomic mass is 9.62. The fourth-order valence-electron chi connectivity index (χ4n) is 3.68. The second-order valence-corrected chi connectivity index (χ2v) is 6.87. The molecule has 122 valence electrons. The maximum absolute atomic E-state index is 12.7. The molecule has 0 N–H and O–H groups in total. The topological polar surface area (TPSA) is 34.1 Å². The molecule has 2 heteroatoms. The zero-order valence-electron chi connectivity index (χ0n) is 14.4. The highest BCUT2D eigenvalue weighted by molar-refractivity contribution is 5.99. The molecule has 1 atom stereocenters. The Bertz CT molecular complexity index is 480. The summed E-state index contributed by atoms with van der Waals surface area (Å²) in [4.78, 5) is 25.2. The summed E-state index contributed by atoms with van der Waals surface area (Å²) in [6, 6.07) is 0. The molecule has 0 bridgehead atoms. The first kappa shape index (κ1) is 18.6. The average Bonchev–Trinajstić information content (AvgIpc) is 2.44. The first-order chi connectivity index (χ1) is 10.4. The number of allylic oxidation sites excluding steroid dienone is 4. The van der Waals surface area contributed by atoms with Crippen LogP contribution in [0.15, 0.2) is 36.5 Å². The van der Waals surface area contributed by atoms with Crippen LogP contribution in [0.2, 0.25) is 0 Å². The second kappa shape index (κ2) is 8.26. The fourth-order valence-corrected chi connectivity index (χ4v) is 3.68. The number of hydrogen-bond donors (Lipinski definition) is 0. The molecule has 1 unspecified atom stereocenters. The van der Waals surface area contributed by atoms with Crippen LogP contribution in [0.4, 0.5) is 0 Å². The van der Waals surface area contributed by atoms with Crippen molar-refractivity contribution in [1.82, 2.24) is 0 Å². The summed E-state index contributed by atoms with van der Waals surface area (Å²) >= 11 is 0. The standard InChI is InChI=1S/C20H30O2/c1-6-8-10-12-18(22)19-15(3)13-14-16(20(19,4)5)17(21)11-9-7-2/h6-7,16H,1-2,8-14H2,3-5H3. The third-order valence-electron chi connectivity index (χ3n) is 4.82. The van der Waals surface area contributed by atoms with Crippen LogP contribution >= 0.6 is 0 Å². The van der Waals surface area contributed by atoms with E-state index in [2.05, 4.69) is 27.0 Å². The van der Waals surface area contributed by atoms with Gasteiger partial charge in [-0.25, -0.2) is 0 Å². The van der Waals surface area contributed by atoms with E-state index in [0.717, 1.165) is 37.7 Å². The fraction of sp³-hybridized carbons (Fsp3) is 0.600. The zero-order chi connectivity index (χ0) is 16.8. The number of carbonyl (C=O) groups excluding carboxylic acids is 2. The minimum absolute atomic E-state index is 0.0468. The van der Waals surface area contributed by atoms with Crippen LogP contribution in [0.25, 0.3) is 0 Å². The number of carbonyl (C=O) groups is 2. The number of rotatable bonds is 9. The summed E-state index contributed by atoms with van der Waals surface area (Å²) in [6.07, 6.45) is 8.86. The van der Waals surface area contributed by atoms with Gasteiger partial charge < -0.3 is 0 Å². The molecule has 1 aliphatic carbocycles. The second-order valence-electron chi connectivity index (χ2n) is 6.87. The summed E-state index contributed by atoms with van der Waals surface area (Å²) < 4.78 is 0. The maximum atomic E-state index is 12.7. The van der Waals surface area contributed by atoms with Gasteiger partial charge in [-0.1, -0.05) is 31.6 Å². The number of Topliss-reactive ketones (excluding diaryl/α,β-unsaturated/α-hetero) is 2. The van der Waals surface area contributed by atoms with Crippen LogP contribution in [0.1, 0.15) is 65.7 Å². The van der Waals surface area contributed by atoms with Crippen molar-refractivity contribution in [3.63, 3.8) is 0 Å². The monoisotopic (exact) mass is 302 g/mol. The largest absolute Gasteiger partial charge is 0.299 e. The normalized spacial score (nSPS) is 20.6. The maximum Gasteiger partial charge on any atom is 0.159 e. The van der Waals surface area contributed by atoms with Crippen molar-refractivity contribution >= 4 is 11.6 Å². The van der Waals surface area contributed by atoms with E-state index in [1.165, 1.54) is 5.57 Å². The van der Waals surface area contributed by atoms with Gasteiger partial charge in [0.25, 0.3) is 0 Å². The van der Waals surface area contributed by atoms with Gasteiger partial charge >= 0.3 is 0 Å². The number of hydrogen-bond acceptors (Lipinski definition) is 2. The Labute approximate surface area is 135 Å². The SMILES string of the molecule is C=CCCCC(=O)C1=C(C)CCC(C(=O)CCC=C)C1(C)C.